The van der Waals surface area contributed by atoms with Crippen LogP contribution in [0.1, 0.15) is 34.6 Å². The molecule has 0 radical (unpaired) electrons. The highest BCUT2D eigenvalue weighted by molar-refractivity contribution is 6.19. The standard InChI is InChI=1S/C13H21ClFNO3/c1-12(2,3)19-11(17)16-10(6-9(15)7-14)8-18-13(16,4)5/h6,10H,7-8H2,1-5H3/b9-6-/t10-/m0/s1. The molecule has 0 aromatic heterocycles. The van der Waals surface area contributed by atoms with Gasteiger partial charge in [0.2, 0.25) is 0 Å². The average Bonchev–Trinajstić information content (AvgIpc) is 2.51. The molecular weight excluding hydrogens is 273 g/mol. The van der Waals surface area contributed by atoms with Crippen molar-refractivity contribution in [2.75, 3.05) is 12.5 Å². The van der Waals surface area contributed by atoms with Crippen LogP contribution in [0.3, 0.4) is 0 Å². The number of rotatable bonds is 2. The molecule has 19 heavy (non-hydrogen) atoms. The lowest BCUT2D eigenvalue weighted by Gasteiger charge is -2.34. The highest BCUT2D eigenvalue weighted by Crippen LogP contribution is 2.30. The molecule has 0 aliphatic carbocycles. The van der Waals surface area contributed by atoms with Crippen molar-refractivity contribution in [1.82, 2.24) is 4.90 Å². The first-order chi connectivity index (χ1) is 8.57. The topological polar surface area (TPSA) is 38.8 Å². The molecule has 1 atom stereocenters. The summed E-state index contributed by atoms with van der Waals surface area (Å²) in [6.07, 6.45) is 0.768. The average molecular weight is 294 g/mol. The van der Waals surface area contributed by atoms with E-state index >= 15 is 0 Å². The van der Waals surface area contributed by atoms with E-state index in [4.69, 9.17) is 21.1 Å². The summed E-state index contributed by atoms with van der Waals surface area (Å²) in [4.78, 5) is 13.6. The lowest BCUT2D eigenvalue weighted by atomic mass is 10.2. The number of alkyl halides is 1. The van der Waals surface area contributed by atoms with Crippen molar-refractivity contribution in [2.45, 2.75) is 52.0 Å². The maximum Gasteiger partial charge on any atom is 0.413 e. The summed E-state index contributed by atoms with van der Waals surface area (Å²) in [5.74, 6) is -0.708. The van der Waals surface area contributed by atoms with Crippen LogP contribution >= 0.6 is 11.6 Å². The second-order valence-corrected chi connectivity index (χ2v) is 6.19. The molecular formula is C13H21ClFNO3. The maximum absolute atomic E-state index is 13.3. The number of hydrogen-bond acceptors (Lipinski definition) is 3. The normalized spacial score (nSPS) is 23.6. The molecule has 1 rings (SSSR count). The van der Waals surface area contributed by atoms with Crippen LogP contribution in [0.4, 0.5) is 9.18 Å². The summed E-state index contributed by atoms with van der Waals surface area (Å²) in [6, 6.07) is -0.511. The highest BCUT2D eigenvalue weighted by Gasteiger charge is 2.45. The molecule has 0 saturated carbocycles. The first-order valence-corrected chi connectivity index (χ1v) is 6.69. The van der Waals surface area contributed by atoms with Gasteiger partial charge in [-0.05, 0) is 40.7 Å². The Balaban J connectivity index is 2.93. The predicted octanol–water partition coefficient (Wildman–Crippen LogP) is 3.45. The third-order valence-electron chi connectivity index (χ3n) is 2.61. The molecule has 0 aromatic carbocycles. The monoisotopic (exact) mass is 293 g/mol. The van der Waals surface area contributed by atoms with Gasteiger partial charge in [0.25, 0.3) is 0 Å². The molecule has 1 fully saturated rings. The van der Waals surface area contributed by atoms with E-state index in [0.717, 1.165) is 0 Å². The van der Waals surface area contributed by atoms with Crippen molar-refractivity contribution in [1.29, 1.82) is 0 Å². The smallest absolute Gasteiger partial charge is 0.413 e. The molecule has 1 heterocycles. The second-order valence-electron chi connectivity index (χ2n) is 5.92. The van der Waals surface area contributed by atoms with Crippen LogP contribution in [0.25, 0.3) is 0 Å². The first-order valence-electron chi connectivity index (χ1n) is 6.15. The molecule has 1 aliphatic rings. The second kappa shape index (κ2) is 5.67. The van der Waals surface area contributed by atoms with Gasteiger partial charge in [-0.25, -0.2) is 9.18 Å². The molecule has 0 unspecified atom stereocenters. The molecule has 0 bridgehead atoms. The van der Waals surface area contributed by atoms with Gasteiger partial charge in [-0.3, -0.25) is 4.90 Å². The molecule has 0 aromatic rings. The molecule has 6 heteroatoms. The lowest BCUT2D eigenvalue weighted by Crippen LogP contribution is -2.49. The Morgan fingerprint density at radius 3 is 2.63 bits per heavy atom. The van der Waals surface area contributed by atoms with Crippen LogP contribution in [0.5, 0.6) is 0 Å². The molecule has 1 aliphatic heterocycles. The Kier molecular flexibility index (Phi) is 4.85. The zero-order chi connectivity index (χ0) is 14.8. The Bertz CT molecular complexity index is 377. The van der Waals surface area contributed by atoms with Crippen LogP contribution in [0.15, 0.2) is 11.9 Å². The lowest BCUT2D eigenvalue weighted by molar-refractivity contribution is -0.0610. The van der Waals surface area contributed by atoms with E-state index in [1.54, 1.807) is 34.6 Å². The van der Waals surface area contributed by atoms with Crippen molar-refractivity contribution >= 4 is 17.7 Å². The van der Waals surface area contributed by atoms with Gasteiger partial charge in [0.05, 0.1) is 18.5 Å². The molecule has 110 valence electrons. The van der Waals surface area contributed by atoms with Crippen LogP contribution in [0, 0.1) is 0 Å². The first kappa shape index (κ1) is 16.2. The third kappa shape index (κ3) is 4.35. The quantitative estimate of drug-likeness (QED) is 0.732. The molecule has 0 N–H and O–H groups in total. The predicted molar refractivity (Wildman–Crippen MR) is 71.8 cm³/mol. The van der Waals surface area contributed by atoms with Gasteiger partial charge >= 0.3 is 6.09 Å². The van der Waals surface area contributed by atoms with Crippen molar-refractivity contribution in [2.24, 2.45) is 0 Å². The van der Waals surface area contributed by atoms with Gasteiger partial charge in [0.1, 0.15) is 17.2 Å². The summed E-state index contributed by atoms with van der Waals surface area (Å²) >= 11 is 5.42. The fourth-order valence-electron chi connectivity index (χ4n) is 1.88. The van der Waals surface area contributed by atoms with Crippen LogP contribution < -0.4 is 0 Å². The van der Waals surface area contributed by atoms with Crippen molar-refractivity contribution in [3.8, 4) is 0 Å². The Morgan fingerprint density at radius 2 is 2.16 bits per heavy atom. The summed E-state index contributed by atoms with van der Waals surface area (Å²) in [5.41, 5.74) is -1.45. The molecule has 1 saturated heterocycles. The van der Waals surface area contributed by atoms with Gasteiger partial charge in [0, 0.05) is 0 Å². The van der Waals surface area contributed by atoms with Gasteiger partial charge in [-0.2, -0.15) is 0 Å². The summed E-state index contributed by atoms with van der Waals surface area (Å²) in [6.45, 7) is 9.03. The van der Waals surface area contributed by atoms with E-state index in [1.165, 1.54) is 11.0 Å². The minimum Gasteiger partial charge on any atom is -0.444 e. The zero-order valence-corrected chi connectivity index (χ0v) is 12.8. The number of halogens is 2. The minimum absolute atomic E-state index is 0.219. The summed E-state index contributed by atoms with van der Waals surface area (Å²) < 4.78 is 24.1. The van der Waals surface area contributed by atoms with E-state index in [1.807, 2.05) is 0 Å². The number of carbonyl (C=O) groups is 1. The number of allylic oxidation sites excluding steroid dienone is 1. The van der Waals surface area contributed by atoms with E-state index in [0.29, 0.717) is 0 Å². The van der Waals surface area contributed by atoms with Crippen molar-refractivity contribution < 1.29 is 18.7 Å². The zero-order valence-electron chi connectivity index (χ0n) is 12.0. The highest BCUT2D eigenvalue weighted by atomic mass is 35.5. The number of hydrogen-bond donors (Lipinski definition) is 0. The Hall–Kier alpha value is -0.810. The molecule has 1 amide bonds. The largest absolute Gasteiger partial charge is 0.444 e. The Morgan fingerprint density at radius 1 is 1.58 bits per heavy atom. The van der Waals surface area contributed by atoms with Gasteiger partial charge in [-0.1, -0.05) is 0 Å². The third-order valence-corrected chi connectivity index (χ3v) is 2.87. The Labute approximate surface area is 118 Å². The fraction of sp³-hybridized carbons (Fsp3) is 0.769. The van der Waals surface area contributed by atoms with Crippen LogP contribution in [0.2, 0.25) is 0 Å². The number of ether oxygens (including phenoxy) is 2. The van der Waals surface area contributed by atoms with Crippen LogP contribution in [-0.4, -0.2) is 40.8 Å². The van der Waals surface area contributed by atoms with Gasteiger partial charge in [0.15, 0.2) is 0 Å². The van der Waals surface area contributed by atoms with Gasteiger partial charge in [-0.15, -0.1) is 11.6 Å². The molecule has 4 nitrogen and oxygen atoms in total. The van der Waals surface area contributed by atoms with E-state index < -0.39 is 29.3 Å². The minimum atomic E-state index is -0.837. The van der Waals surface area contributed by atoms with E-state index in [2.05, 4.69) is 0 Å². The van der Waals surface area contributed by atoms with Crippen LogP contribution in [-0.2, 0) is 9.47 Å². The number of amides is 1. The fourth-order valence-corrected chi connectivity index (χ4v) is 1.96. The summed E-state index contributed by atoms with van der Waals surface area (Å²) in [7, 11) is 0. The van der Waals surface area contributed by atoms with E-state index in [-0.39, 0.29) is 12.5 Å². The van der Waals surface area contributed by atoms with Gasteiger partial charge < -0.3 is 9.47 Å². The summed E-state index contributed by atoms with van der Waals surface area (Å²) in [5, 5.41) is 0. The number of nitrogens with zero attached hydrogens (tertiary/aromatic N) is 1. The molecule has 0 spiro atoms. The SMILES string of the molecule is CC(C)(C)OC(=O)N1[C@@H](/C=C(\F)CCl)COC1(C)C. The number of carbonyl (C=O) groups excluding carboxylic acids is 1. The maximum atomic E-state index is 13.3. The van der Waals surface area contributed by atoms with Crippen molar-refractivity contribution in [3.05, 3.63) is 11.9 Å². The van der Waals surface area contributed by atoms with Crippen molar-refractivity contribution in [3.63, 3.8) is 0 Å². The van der Waals surface area contributed by atoms with E-state index in [9.17, 15) is 9.18 Å².